The fourth-order valence-electron chi connectivity index (χ4n) is 1.89. The van der Waals surface area contributed by atoms with Crippen molar-refractivity contribution in [3.8, 4) is 5.75 Å². The SMILES string of the molecule is CCCCOCCOc1ccc(C(C)NCC)cc1Br. The number of unbranched alkanes of at least 4 members (excludes halogenated alkanes) is 1. The number of benzene rings is 1. The van der Waals surface area contributed by atoms with E-state index in [0.717, 1.165) is 36.2 Å². The molecule has 3 nitrogen and oxygen atoms in total. The lowest BCUT2D eigenvalue weighted by Crippen LogP contribution is -2.17. The number of rotatable bonds is 10. The molecule has 1 atom stereocenters. The first kappa shape index (κ1) is 17.5. The van der Waals surface area contributed by atoms with Crippen LogP contribution in [0.5, 0.6) is 5.75 Å². The van der Waals surface area contributed by atoms with Gasteiger partial charge in [0, 0.05) is 12.6 Å². The van der Waals surface area contributed by atoms with E-state index < -0.39 is 0 Å². The van der Waals surface area contributed by atoms with Crippen LogP contribution in [0.25, 0.3) is 0 Å². The van der Waals surface area contributed by atoms with Gasteiger partial charge in [-0.15, -0.1) is 0 Å². The third-order valence-electron chi connectivity index (χ3n) is 3.09. The van der Waals surface area contributed by atoms with Gasteiger partial charge >= 0.3 is 0 Å². The minimum absolute atomic E-state index is 0.350. The lowest BCUT2D eigenvalue weighted by atomic mass is 10.1. The van der Waals surface area contributed by atoms with Gasteiger partial charge in [0.1, 0.15) is 12.4 Å². The molecule has 0 bridgehead atoms. The Morgan fingerprint density at radius 1 is 1.20 bits per heavy atom. The minimum Gasteiger partial charge on any atom is -0.490 e. The van der Waals surface area contributed by atoms with Gasteiger partial charge in [0.2, 0.25) is 0 Å². The van der Waals surface area contributed by atoms with E-state index in [1.54, 1.807) is 0 Å². The second-order valence-electron chi connectivity index (χ2n) is 4.78. The standard InChI is InChI=1S/C16H26BrNO2/c1-4-6-9-19-10-11-20-16-8-7-14(12-15(16)17)13(3)18-5-2/h7-8,12-13,18H,4-6,9-11H2,1-3H3. The Bertz CT molecular complexity index is 385. The minimum atomic E-state index is 0.350. The molecule has 0 aliphatic carbocycles. The number of hydrogen-bond donors (Lipinski definition) is 1. The summed E-state index contributed by atoms with van der Waals surface area (Å²) in [6, 6.07) is 6.58. The largest absolute Gasteiger partial charge is 0.490 e. The summed E-state index contributed by atoms with van der Waals surface area (Å²) >= 11 is 3.57. The average molecular weight is 344 g/mol. The molecule has 0 spiro atoms. The Labute approximate surface area is 131 Å². The van der Waals surface area contributed by atoms with Crippen molar-refractivity contribution in [2.24, 2.45) is 0 Å². The maximum atomic E-state index is 5.72. The molecule has 1 aromatic carbocycles. The smallest absolute Gasteiger partial charge is 0.133 e. The Morgan fingerprint density at radius 2 is 2.00 bits per heavy atom. The first-order valence-electron chi connectivity index (χ1n) is 7.42. The molecule has 1 N–H and O–H groups in total. The zero-order valence-corrected chi connectivity index (χ0v) is 14.3. The molecule has 1 aromatic rings. The second kappa shape index (κ2) is 10.2. The summed E-state index contributed by atoms with van der Waals surface area (Å²) in [6.07, 6.45) is 2.28. The maximum Gasteiger partial charge on any atom is 0.133 e. The Morgan fingerprint density at radius 3 is 2.65 bits per heavy atom. The number of hydrogen-bond acceptors (Lipinski definition) is 3. The lowest BCUT2D eigenvalue weighted by molar-refractivity contribution is 0.0978. The molecule has 4 heteroatoms. The predicted octanol–water partition coefficient (Wildman–Crippen LogP) is 4.32. The van der Waals surface area contributed by atoms with Crippen molar-refractivity contribution in [1.82, 2.24) is 5.32 Å². The van der Waals surface area contributed by atoms with Crippen LogP contribution in [0.4, 0.5) is 0 Å². The summed E-state index contributed by atoms with van der Waals surface area (Å²) in [5.74, 6) is 0.872. The van der Waals surface area contributed by atoms with Crippen LogP contribution in [-0.2, 0) is 4.74 Å². The van der Waals surface area contributed by atoms with Crippen molar-refractivity contribution in [3.63, 3.8) is 0 Å². The van der Waals surface area contributed by atoms with Gasteiger partial charge in [0.15, 0.2) is 0 Å². The van der Waals surface area contributed by atoms with Crippen LogP contribution in [0.1, 0.15) is 45.2 Å². The van der Waals surface area contributed by atoms with Crippen LogP contribution in [0.15, 0.2) is 22.7 Å². The highest BCUT2D eigenvalue weighted by molar-refractivity contribution is 9.10. The topological polar surface area (TPSA) is 30.5 Å². The highest BCUT2D eigenvalue weighted by Gasteiger charge is 2.07. The van der Waals surface area contributed by atoms with E-state index in [0.29, 0.717) is 19.3 Å². The quantitative estimate of drug-likeness (QED) is 0.642. The number of halogens is 1. The van der Waals surface area contributed by atoms with Gasteiger partial charge in [0.25, 0.3) is 0 Å². The van der Waals surface area contributed by atoms with E-state index in [4.69, 9.17) is 9.47 Å². The molecule has 1 rings (SSSR count). The predicted molar refractivity (Wildman–Crippen MR) is 87.5 cm³/mol. The molecule has 0 aromatic heterocycles. The molecule has 0 aliphatic rings. The average Bonchev–Trinajstić information content (AvgIpc) is 2.44. The van der Waals surface area contributed by atoms with Gasteiger partial charge in [0.05, 0.1) is 11.1 Å². The third-order valence-corrected chi connectivity index (χ3v) is 3.71. The molecule has 20 heavy (non-hydrogen) atoms. The molecular weight excluding hydrogens is 318 g/mol. The summed E-state index contributed by atoms with van der Waals surface area (Å²) in [4.78, 5) is 0. The van der Waals surface area contributed by atoms with E-state index in [1.165, 1.54) is 5.56 Å². The summed E-state index contributed by atoms with van der Waals surface area (Å²) in [5, 5.41) is 3.40. The first-order chi connectivity index (χ1) is 9.69. The van der Waals surface area contributed by atoms with Crippen LogP contribution in [-0.4, -0.2) is 26.4 Å². The van der Waals surface area contributed by atoms with Crippen LogP contribution in [0, 0.1) is 0 Å². The fourth-order valence-corrected chi connectivity index (χ4v) is 2.40. The van der Waals surface area contributed by atoms with Crippen molar-refractivity contribution < 1.29 is 9.47 Å². The summed E-state index contributed by atoms with van der Waals surface area (Å²) < 4.78 is 12.2. The molecule has 0 fully saturated rings. The van der Waals surface area contributed by atoms with E-state index in [2.05, 4.69) is 54.2 Å². The van der Waals surface area contributed by atoms with Crippen molar-refractivity contribution in [1.29, 1.82) is 0 Å². The molecule has 0 saturated carbocycles. The van der Waals surface area contributed by atoms with Crippen LogP contribution < -0.4 is 10.1 Å². The normalized spacial score (nSPS) is 12.4. The van der Waals surface area contributed by atoms with E-state index in [9.17, 15) is 0 Å². The first-order valence-corrected chi connectivity index (χ1v) is 8.21. The van der Waals surface area contributed by atoms with Crippen LogP contribution in [0.3, 0.4) is 0 Å². The molecule has 0 saturated heterocycles. The summed E-state index contributed by atoms with van der Waals surface area (Å²) in [5.41, 5.74) is 1.25. The molecule has 0 amide bonds. The lowest BCUT2D eigenvalue weighted by Gasteiger charge is -2.15. The van der Waals surface area contributed by atoms with Crippen molar-refractivity contribution in [3.05, 3.63) is 28.2 Å². The monoisotopic (exact) mass is 343 g/mol. The van der Waals surface area contributed by atoms with E-state index >= 15 is 0 Å². The summed E-state index contributed by atoms with van der Waals surface area (Å²) in [7, 11) is 0. The number of ether oxygens (including phenoxy) is 2. The van der Waals surface area contributed by atoms with Crippen LogP contribution >= 0.6 is 15.9 Å². The zero-order chi connectivity index (χ0) is 14.8. The number of nitrogens with one attached hydrogen (secondary N) is 1. The third kappa shape index (κ3) is 6.25. The Hall–Kier alpha value is -0.580. The molecule has 0 heterocycles. The van der Waals surface area contributed by atoms with Crippen LogP contribution in [0.2, 0.25) is 0 Å². The second-order valence-corrected chi connectivity index (χ2v) is 5.64. The molecular formula is C16H26BrNO2. The Balaban J connectivity index is 2.39. The van der Waals surface area contributed by atoms with Crippen molar-refractivity contribution >= 4 is 15.9 Å². The van der Waals surface area contributed by atoms with Gasteiger partial charge in [-0.25, -0.2) is 0 Å². The fraction of sp³-hybridized carbons (Fsp3) is 0.625. The van der Waals surface area contributed by atoms with Gasteiger partial charge in [-0.3, -0.25) is 0 Å². The Kier molecular flexibility index (Phi) is 8.90. The zero-order valence-electron chi connectivity index (χ0n) is 12.7. The highest BCUT2D eigenvalue weighted by atomic mass is 79.9. The van der Waals surface area contributed by atoms with Crippen molar-refractivity contribution in [2.75, 3.05) is 26.4 Å². The molecule has 0 radical (unpaired) electrons. The van der Waals surface area contributed by atoms with Gasteiger partial charge in [-0.05, 0) is 53.5 Å². The van der Waals surface area contributed by atoms with E-state index in [-0.39, 0.29) is 0 Å². The van der Waals surface area contributed by atoms with Crippen molar-refractivity contribution in [2.45, 2.75) is 39.7 Å². The highest BCUT2D eigenvalue weighted by Crippen LogP contribution is 2.28. The van der Waals surface area contributed by atoms with E-state index in [1.807, 2.05) is 6.07 Å². The molecule has 114 valence electrons. The molecule has 1 unspecified atom stereocenters. The summed E-state index contributed by atoms with van der Waals surface area (Å²) in [6.45, 7) is 9.45. The van der Waals surface area contributed by atoms with Gasteiger partial charge in [-0.1, -0.05) is 26.3 Å². The van der Waals surface area contributed by atoms with Gasteiger partial charge in [-0.2, -0.15) is 0 Å². The molecule has 0 aliphatic heterocycles. The van der Waals surface area contributed by atoms with Gasteiger partial charge < -0.3 is 14.8 Å². The maximum absolute atomic E-state index is 5.72.